The Morgan fingerprint density at radius 2 is 1.45 bits per heavy atom. The lowest BCUT2D eigenvalue weighted by atomic mass is 10.3. The first-order valence-electron chi connectivity index (χ1n) is 2.72. The molecular formula is C6H8BN4. The van der Waals surface area contributed by atoms with Crippen molar-refractivity contribution in [2.24, 2.45) is 0 Å². The van der Waals surface area contributed by atoms with Crippen molar-refractivity contribution in [3.8, 4) is 0 Å². The van der Waals surface area contributed by atoms with Crippen LogP contribution < -0.4 is 6.15 Å². The molecule has 0 saturated carbocycles. The second-order valence-electron chi connectivity index (χ2n) is 1.81. The molecule has 4 N–H and O–H groups in total. The zero-order valence-corrected chi connectivity index (χ0v) is 5.99. The summed E-state index contributed by atoms with van der Waals surface area (Å²) in [5, 5.41) is 10.3. The van der Waals surface area contributed by atoms with Gasteiger partial charge in [-0.05, 0) is 12.1 Å². The zero-order valence-electron chi connectivity index (χ0n) is 5.99. The quantitative estimate of drug-likeness (QED) is 0.539. The van der Waals surface area contributed by atoms with Crippen molar-refractivity contribution >= 4 is 19.4 Å². The maximum Gasteiger partial charge on any atom is 0.112 e. The number of fused-ring (bicyclic) bond motifs is 1. The van der Waals surface area contributed by atoms with E-state index in [9.17, 15) is 0 Å². The molecule has 0 amide bonds. The molecule has 0 saturated heterocycles. The number of hydrogen-bond donors (Lipinski definition) is 2. The van der Waals surface area contributed by atoms with E-state index in [1.54, 1.807) is 0 Å². The number of aromatic amines is 1. The van der Waals surface area contributed by atoms with Crippen molar-refractivity contribution in [1.82, 2.24) is 21.6 Å². The van der Waals surface area contributed by atoms with E-state index in [1.807, 2.05) is 24.3 Å². The summed E-state index contributed by atoms with van der Waals surface area (Å²) in [4.78, 5) is 0. The van der Waals surface area contributed by atoms with Crippen LogP contribution in [0.3, 0.4) is 0 Å². The van der Waals surface area contributed by atoms with Gasteiger partial charge in [-0.1, -0.05) is 12.1 Å². The molecule has 2 rings (SSSR count). The molecule has 0 unspecified atom stereocenters. The fraction of sp³-hybridized carbons (Fsp3) is 0. The Morgan fingerprint density at radius 1 is 1.00 bits per heavy atom. The van der Waals surface area contributed by atoms with Gasteiger partial charge in [-0.2, -0.15) is 15.4 Å². The third kappa shape index (κ3) is 1.56. The van der Waals surface area contributed by atoms with Crippen LogP contribution >= 0.6 is 0 Å². The lowest BCUT2D eigenvalue weighted by molar-refractivity contribution is 0.959. The molecule has 11 heavy (non-hydrogen) atoms. The van der Waals surface area contributed by atoms with Crippen molar-refractivity contribution < 1.29 is 0 Å². The van der Waals surface area contributed by atoms with Crippen LogP contribution in [0.25, 0.3) is 11.0 Å². The summed E-state index contributed by atoms with van der Waals surface area (Å²) >= 11 is 0. The number of para-hydroxylation sites is 2. The first-order valence-corrected chi connectivity index (χ1v) is 2.72. The molecule has 0 aliphatic rings. The maximum absolute atomic E-state index is 3.88. The van der Waals surface area contributed by atoms with Crippen LogP contribution in [0.15, 0.2) is 24.3 Å². The number of H-pyrrole nitrogens is 1. The molecule has 0 aliphatic carbocycles. The number of hydrogen-bond acceptors (Lipinski definition) is 3. The predicted molar refractivity (Wildman–Crippen MR) is 44.7 cm³/mol. The SMILES string of the molecule is N.[B].c1ccc2n[nH]nc2c1. The van der Waals surface area contributed by atoms with E-state index in [4.69, 9.17) is 0 Å². The number of rotatable bonds is 0. The van der Waals surface area contributed by atoms with E-state index in [1.165, 1.54) is 0 Å². The third-order valence-corrected chi connectivity index (χ3v) is 1.22. The van der Waals surface area contributed by atoms with Gasteiger partial charge in [-0.25, -0.2) is 0 Å². The summed E-state index contributed by atoms with van der Waals surface area (Å²) in [5.74, 6) is 0. The molecule has 2 aromatic rings. The third-order valence-electron chi connectivity index (χ3n) is 1.22. The second-order valence-corrected chi connectivity index (χ2v) is 1.81. The molecule has 4 nitrogen and oxygen atoms in total. The highest BCUT2D eigenvalue weighted by molar-refractivity contribution is 5.75. The summed E-state index contributed by atoms with van der Waals surface area (Å²) in [5.41, 5.74) is 1.83. The van der Waals surface area contributed by atoms with Crippen molar-refractivity contribution in [2.45, 2.75) is 0 Å². The molecule has 5 heteroatoms. The Hall–Kier alpha value is -1.36. The molecule has 1 heterocycles. The fourth-order valence-electron chi connectivity index (χ4n) is 0.786. The average molecular weight is 147 g/mol. The van der Waals surface area contributed by atoms with E-state index in [-0.39, 0.29) is 14.6 Å². The Labute approximate surface area is 66.2 Å². The molecule has 3 radical (unpaired) electrons. The number of benzene rings is 1. The van der Waals surface area contributed by atoms with Crippen molar-refractivity contribution in [2.75, 3.05) is 0 Å². The smallest absolute Gasteiger partial charge is 0.112 e. The number of nitrogens with zero attached hydrogens (tertiary/aromatic N) is 2. The summed E-state index contributed by atoms with van der Waals surface area (Å²) in [6.07, 6.45) is 0. The minimum atomic E-state index is 0. The Balaban J connectivity index is 0.000000500. The lowest BCUT2D eigenvalue weighted by Gasteiger charge is -1.78. The van der Waals surface area contributed by atoms with Crippen molar-refractivity contribution in [3.05, 3.63) is 24.3 Å². The van der Waals surface area contributed by atoms with E-state index in [0.717, 1.165) is 11.0 Å². The van der Waals surface area contributed by atoms with Crippen LogP contribution in [0.4, 0.5) is 0 Å². The van der Waals surface area contributed by atoms with Gasteiger partial charge in [0.25, 0.3) is 0 Å². The first-order chi connectivity index (χ1) is 4.47. The average Bonchev–Trinajstić information content (AvgIpc) is 2.33. The molecule has 0 atom stereocenters. The van der Waals surface area contributed by atoms with Gasteiger partial charge in [0.15, 0.2) is 0 Å². The summed E-state index contributed by atoms with van der Waals surface area (Å²) in [7, 11) is 0. The summed E-state index contributed by atoms with van der Waals surface area (Å²) < 4.78 is 0. The lowest BCUT2D eigenvalue weighted by Crippen LogP contribution is -1.63. The van der Waals surface area contributed by atoms with Gasteiger partial charge in [0.2, 0.25) is 0 Å². The molecule has 55 valence electrons. The van der Waals surface area contributed by atoms with Gasteiger partial charge < -0.3 is 6.15 Å². The molecule has 1 aromatic carbocycles. The van der Waals surface area contributed by atoms with Crippen LogP contribution in [0.1, 0.15) is 0 Å². The van der Waals surface area contributed by atoms with E-state index in [2.05, 4.69) is 15.4 Å². The van der Waals surface area contributed by atoms with Gasteiger partial charge >= 0.3 is 0 Å². The Kier molecular flexibility index (Phi) is 3.27. The molecule has 0 bridgehead atoms. The van der Waals surface area contributed by atoms with Crippen LogP contribution in [0.2, 0.25) is 0 Å². The van der Waals surface area contributed by atoms with Crippen molar-refractivity contribution in [3.63, 3.8) is 0 Å². The van der Waals surface area contributed by atoms with Gasteiger partial charge in [0.1, 0.15) is 11.0 Å². The molecule has 0 spiro atoms. The topological polar surface area (TPSA) is 76.6 Å². The molecular weight excluding hydrogens is 139 g/mol. The van der Waals surface area contributed by atoms with Crippen LogP contribution in [-0.2, 0) is 0 Å². The van der Waals surface area contributed by atoms with Gasteiger partial charge in [-0.15, -0.1) is 0 Å². The Bertz CT molecular complexity index is 289. The van der Waals surface area contributed by atoms with Crippen molar-refractivity contribution in [1.29, 1.82) is 0 Å². The highest BCUT2D eigenvalue weighted by Gasteiger charge is 1.90. The minimum absolute atomic E-state index is 0. The molecule has 1 aromatic heterocycles. The van der Waals surface area contributed by atoms with Gasteiger partial charge in [0.05, 0.1) is 0 Å². The maximum atomic E-state index is 3.88. The highest BCUT2D eigenvalue weighted by Crippen LogP contribution is 2.03. The highest BCUT2D eigenvalue weighted by atomic mass is 15.3. The van der Waals surface area contributed by atoms with Crippen LogP contribution in [0, 0.1) is 0 Å². The Morgan fingerprint density at radius 3 is 1.91 bits per heavy atom. The predicted octanol–water partition coefficient (Wildman–Crippen LogP) is 0.739. The first kappa shape index (κ1) is 9.64. The number of nitrogens with one attached hydrogen (secondary N) is 1. The van der Waals surface area contributed by atoms with E-state index in [0.29, 0.717) is 0 Å². The van der Waals surface area contributed by atoms with Gasteiger partial charge in [-0.3, -0.25) is 0 Å². The van der Waals surface area contributed by atoms with Crippen LogP contribution in [-0.4, -0.2) is 23.8 Å². The van der Waals surface area contributed by atoms with E-state index >= 15 is 0 Å². The van der Waals surface area contributed by atoms with Crippen LogP contribution in [0.5, 0.6) is 0 Å². The zero-order chi connectivity index (χ0) is 6.10. The monoisotopic (exact) mass is 147 g/mol. The minimum Gasteiger partial charge on any atom is -0.344 e. The summed E-state index contributed by atoms with van der Waals surface area (Å²) in [6, 6.07) is 7.70. The normalized spacial score (nSPS) is 8.36. The molecule has 0 aliphatic heterocycles. The number of aromatic nitrogens is 3. The molecule has 0 fully saturated rings. The second kappa shape index (κ2) is 3.73. The largest absolute Gasteiger partial charge is 0.344 e. The van der Waals surface area contributed by atoms with Gasteiger partial charge in [0, 0.05) is 8.41 Å². The fourth-order valence-corrected chi connectivity index (χ4v) is 0.786. The van der Waals surface area contributed by atoms with E-state index < -0.39 is 0 Å². The standard InChI is InChI=1S/C6H5N3.B.H3N/c1-2-4-6-5(3-1)7-9-8-6;;/h1-4H,(H,7,8,9);;1H3. The summed E-state index contributed by atoms with van der Waals surface area (Å²) in [6.45, 7) is 0.